The zero-order chi connectivity index (χ0) is 18.4. The number of rotatable bonds is 3. The molecule has 6 heteroatoms. The maximum Gasteiger partial charge on any atom is 0.346 e. The molecule has 1 aromatic carbocycles. The molecule has 0 aliphatic carbocycles. The number of carbonyl (C=O) groups excluding carboxylic acids is 2. The predicted molar refractivity (Wildman–Crippen MR) is 98.5 cm³/mol. The summed E-state index contributed by atoms with van der Waals surface area (Å²) in [5.74, 6) is -0.322. The number of hydrogen-bond acceptors (Lipinski definition) is 4. The van der Waals surface area contributed by atoms with Gasteiger partial charge in [-0.2, -0.15) is 5.10 Å². The normalized spacial score (nSPS) is 26.7. The average Bonchev–Trinajstić information content (AvgIpc) is 2.92. The summed E-state index contributed by atoms with van der Waals surface area (Å²) in [6.45, 7) is 7.88. The fourth-order valence-electron chi connectivity index (χ4n) is 3.49. The number of nitrogens with zero attached hydrogens (tertiary/aromatic N) is 3. The van der Waals surface area contributed by atoms with E-state index in [9.17, 15) is 9.59 Å². The summed E-state index contributed by atoms with van der Waals surface area (Å²) in [5, 5.41) is 7.70. The molecule has 2 aliphatic heterocycles. The molecule has 3 rings (SSSR count). The third-order valence-electron chi connectivity index (χ3n) is 5.30. The SMILES string of the molecule is CC[C@]1(C)NC(=O)N(/N=C\C=C2\N(C)c3ccccc3C2(C)C)C1=O. The molecule has 2 aliphatic rings. The second kappa shape index (κ2) is 5.72. The van der Waals surface area contributed by atoms with Crippen LogP contribution >= 0.6 is 0 Å². The minimum Gasteiger partial charge on any atom is -0.347 e. The van der Waals surface area contributed by atoms with Gasteiger partial charge in [-0.3, -0.25) is 4.79 Å². The van der Waals surface area contributed by atoms with Crippen LogP contribution in [0, 0.1) is 0 Å². The van der Waals surface area contributed by atoms with Crippen LogP contribution in [0.5, 0.6) is 0 Å². The molecule has 1 saturated heterocycles. The molecule has 0 bridgehead atoms. The number of anilines is 1. The number of amides is 3. The van der Waals surface area contributed by atoms with Gasteiger partial charge < -0.3 is 10.2 Å². The molecule has 0 radical (unpaired) electrons. The number of likely N-dealkylation sites (N-methyl/N-ethyl adjacent to an activating group) is 1. The molecule has 2 heterocycles. The Morgan fingerprint density at radius 2 is 1.88 bits per heavy atom. The highest BCUT2D eigenvalue weighted by molar-refractivity contribution is 6.07. The van der Waals surface area contributed by atoms with E-state index < -0.39 is 11.6 Å². The van der Waals surface area contributed by atoms with Crippen molar-refractivity contribution in [3.05, 3.63) is 41.6 Å². The number of nitrogens with one attached hydrogen (secondary N) is 1. The van der Waals surface area contributed by atoms with Crippen LogP contribution in [0.4, 0.5) is 10.5 Å². The van der Waals surface area contributed by atoms with Gasteiger partial charge in [0.05, 0.1) is 0 Å². The quantitative estimate of drug-likeness (QED) is 0.679. The highest BCUT2D eigenvalue weighted by Crippen LogP contribution is 2.46. The number of hydrazone groups is 1. The zero-order valence-electron chi connectivity index (χ0n) is 15.3. The molecule has 3 amide bonds. The first-order chi connectivity index (χ1) is 11.7. The number of carbonyl (C=O) groups is 2. The van der Waals surface area contributed by atoms with Crippen LogP contribution in [0.2, 0.25) is 0 Å². The van der Waals surface area contributed by atoms with Gasteiger partial charge in [0, 0.05) is 30.1 Å². The molecule has 0 aromatic heterocycles. The highest BCUT2D eigenvalue weighted by atomic mass is 16.2. The first-order valence-corrected chi connectivity index (χ1v) is 8.47. The van der Waals surface area contributed by atoms with E-state index in [0.717, 1.165) is 16.4 Å². The van der Waals surface area contributed by atoms with Gasteiger partial charge in [0.2, 0.25) is 0 Å². The Morgan fingerprint density at radius 3 is 2.48 bits per heavy atom. The molecule has 132 valence electrons. The van der Waals surface area contributed by atoms with Crippen LogP contribution in [0.25, 0.3) is 0 Å². The molecular formula is C19H24N4O2. The Hall–Kier alpha value is -2.63. The van der Waals surface area contributed by atoms with Crippen molar-refractivity contribution in [2.75, 3.05) is 11.9 Å². The van der Waals surface area contributed by atoms with Crippen LogP contribution in [-0.4, -0.2) is 35.7 Å². The first kappa shape index (κ1) is 17.2. The van der Waals surface area contributed by atoms with Crippen molar-refractivity contribution in [3.8, 4) is 0 Å². The number of imide groups is 1. The summed E-state index contributed by atoms with van der Waals surface area (Å²) >= 11 is 0. The third kappa shape index (κ3) is 2.52. The van der Waals surface area contributed by atoms with Crippen molar-refractivity contribution in [1.29, 1.82) is 0 Å². The van der Waals surface area contributed by atoms with Gasteiger partial charge in [-0.05, 0) is 31.1 Å². The monoisotopic (exact) mass is 340 g/mol. The van der Waals surface area contributed by atoms with Gasteiger partial charge in [-0.25, -0.2) is 4.79 Å². The maximum atomic E-state index is 12.4. The lowest BCUT2D eigenvalue weighted by Gasteiger charge is -2.23. The minimum atomic E-state index is -0.874. The Morgan fingerprint density at radius 1 is 1.20 bits per heavy atom. The van der Waals surface area contributed by atoms with Gasteiger partial charge in [0.25, 0.3) is 5.91 Å². The summed E-state index contributed by atoms with van der Waals surface area (Å²) < 4.78 is 0. The topological polar surface area (TPSA) is 65.0 Å². The van der Waals surface area contributed by atoms with Crippen molar-refractivity contribution >= 4 is 23.8 Å². The van der Waals surface area contributed by atoms with E-state index in [-0.39, 0.29) is 11.3 Å². The van der Waals surface area contributed by atoms with Crippen molar-refractivity contribution in [3.63, 3.8) is 0 Å². The molecule has 1 N–H and O–H groups in total. The third-order valence-corrected chi connectivity index (χ3v) is 5.30. The molecule has 6 nitrogen and oxygen atoms in total. The van der Waals surface area contributed by atoms with E-state index in [4.69, 9.17) is 0 Å². The highest BCUT2D eigenvalue weighted by Gasteiger charge is 2.47. The van der Waals surface area contributed by atoms with Gasteiger partial charge in [0.15, 0.2) is 0 Å². The lowest BCUT2D eigenvalue weighted by atomic mass is 9.84. The predicted octanol–water partition coefficient (Wildman–Crippen LogP) is 3.00. The number of fused-ring (bicyclic) bond motifs is 1. The lowest BCUT2D eigenvalue weighted by molar-refractivity contribution is -0.130. The van der Waals surface area contributed by atoms with Crippen molar-refractivity contribution < 1.29 is 9.59 Å². The van der Waals surface area contributed by atoms with Crippen LogP contribution in [0.1, 0.15) is 39.7 Å². The first-order valence-electron chi connectivity index (χ1n) is 8.47. The molecule has 1 fully saturated rings. The number of para-hydroxylation sites is 1. The molecular weight excluding hydrogens is 316 g/mol. The number of hydrogen-bond donors (Lipinski definition) is 1. The van der Waals surface area contributed by atoms with Gasteiger partial charge >= 0.3 is 6.03 Å². The van der Waals surface area contributed by atoms with E-state index in [1.165, 1.54) is 11.8 Å². The number of benzene rings is 1. The maximum absolute atomic E-state index is 12.4. The Kier molecular flexibility index (Phi) is 3.94. The molecule has 1 atom stereocenters. The van der Waals surface area contributed by atoms with Gasteiger partial charge in [-0.1, -0.05) is 39.0 Å². The van der Waals surface area contributed by atoms with Gasteiger partial charge in [0.1, 0.15) is 5.54 Å². The van der Waals surface area contributed by atoms with Crippen molar-refractivity contribution in [2.45, 2.75) is 45.1 Å². The molecule has 0 spiro atoms. The Bertz CT molecular complexity index is 796. The van der Waals surface area contributed by atoms with Crippen molar-refractivity contribution in [1.82, 2.24) is 10.3 Å². The standard InChI is InChI=1S/C19H24N4O2/c1-6-19(4)16(24)23(17(25)21-19)20-12-11-15-18(2,3)13-9-7-8-10-14(13)22(15)5/h7-12H,6H2,1-5H3,(H,21,25)/b15-11+,20-12-/t19-/m0/s1. The van der Waals surface area contributed by atoms with E-state index in [2.05, 4.69) is 41.3 Å². The van der Waals surface area contributed by atoms with E-state index in [0.29, 0.717) is 6.42 Å². The van der Waals surface area contributed by atoms with Crippen LogP contribution in [-0.2, 0) is 10.2 Å². The van der Waals surface area contributed by atoms with Crippen LogP contribution in [0.15, 0.2) is 41.1 Å². The van der Waals surface area contributed by atoms with Crippen LogP contribution < -0.4 is 10.2 Å². The summed E-state index contributed by atoms with van der Waals surface area (Å²) in [6, 6.07) is 7.77. The summed E-state index contributed by atoms with van der Waals surface area (Å²) in [7, 11) is 2.01. The summed E-state index contributed by atoms with van der Waals surface area (Å²) in [6.07, 6.45) is 3.91. The second-order valence-electron chi connectivity index (χ2n) is 7.25. The zero-order valence-corrected chi connectivity index (χ0v) is 15.3. The van der Waals surface area contributed by atoms with E-state index in [1.54, 1.807) is 6.92 Å². The Balaban J connectivity index is 1.87. The molecule has 0 saturated carbocycles. The number of urea groups is 1. The Labute approximate surface area is 148 Å². The van der Waals surface area contributed by atoms with Crippen molar-refractivity contribution in [2.24, 2.45) is 5.10 Å². The summed E-state index contributed by atoms with van der Waals surface area (Å²) in [5.41, 5.74) is 2.41. The van der Waals surface area contributed by atoms with Crippen LogP contribution in [0.3, 0.4) is 0 Å². The molecule has 25 heavy (non-hydrogen) atoms. The summed E-state index contributed by atoms with van der Waals surface area (Å²) in [4.78, 5) is 26.5. The lowest BCUT2D eigenvalue weighted by Crippen LogP contribution is -2.42. The van der Waals surface area contributed by atoms with Gasteiger partial charge in [-0.15, -0.1) is 5.01 Å². The fraction of sp³-hybridized carbons (Fsp3) is 0.421. The average molecular weight is 340 g/mol. The largest absolute Gasteiger partial charge is 0.347 e. The molecule has 0 unspecified atom stereocenters. The second-order valence-corrected chi connectivity index (χ2v) is 7.25. The van der Waals surface area contributed by atoms with E-state index in [1.807, 2.05) is 32.2 Å². The smallest absolute Gasteiger partial charge is 0.346 e. The fourth-order valence-corrected chi connectivity index (χ4v) is 3.49. The number of allylic oxidation sites excluding steroid dienone is 2. The van der Waals surface area contributed by atoms with E-state index >= 15 is 0 Å². The molecule has 1 aromatic rings. The minimum absolute atomic E-state index is 0.174.